The molecule has 2 heteroatoms. The van der Waals surface area contributed by atoms with Crippen molar-refractivity contribution in [1.82, 2.24) is 0 Å². The number of hydrogen-bond donors (Lipinski definition) is 0. The van der Waals surface area contributed by atoms with E-state index in [1.54, 1.807) is 0 Å². The molecule has 0 radical (unpaired) electrons. The summed E-state index contributed by atoms with van der Waals surface area (Å²) in [4.78, 5) is 2.74. The van der Waals surface area contributed by atoms with E-state index in [-0.39, 0.29) is 0 Å². The number of aryl methyl sites for hydroxylation is 2. The smallest absolute Gasteiger partial charge is 0.0428 e. The van der Waals surface area contributed by atoms with Gasteiger partial charge in [0.05, 0.1) is 0 Å². The summed E-state index contributed by atoms with van der Waals surface area (Å²) in [5.74, 6) is 0. The quantitative estimate of drug-likeness (QED) is 0.0690. The summed E-state index contributed by atoms with van der Waals surface area (Å²) >= 11 is 3.90. The van der Waals surface area contributed by atoms with Crippen molar-refractivity contribution in [3.63, 3.8) is 0 Å². The van der Waals surface area contributed by atoms with Gasteiger partial charge in [0, 0.05) is 29.9 Å². The van der Waals surface area contributed by atoms with Crippen molar-refractivity contribution in [3.8, 4) is 20.9 Å². The van der Waals surface area contributed by atoms with E-state index in [9.17, 15) is 0 Å². The van der Waals surface area contributed by atoms with Gasteiger partial charge >= 0.3 is 0 Å². The first kappa shape index (κ1) is 35.1. The first-order valence-corrected chi connectivity index (χ1v) is 21.8. The molecule has 0 unspecified atom stereocenters. The number of benzene rings is 6. The van der Waals surface area contributed by atoms with Crippen molar-refractivity contribution in [3.05, 3.63) is 120 Å². The molecule has 52 heavy (non-hydrogen) atoms. The molecule has 8 rings (SSSR count). The van der Waals surface area contributed by atoms with Gasteiger partial charge in [0.25, 0.3) is 0 Å². The molecule has 0 saturated carbocycles. The van der Waals surface area contributed by atoms with E-state index in [2.05, 4.69) is 123 Å². The number of fused-ring (bicyclic) bond motifs is 9. The van der Waals surface area contributed by atoms with Gasteiger partial charge < -0.3 is 0 Å². The summed E-state index contributed by atoms with van der Waals surface area (Å²) in [6, 6.07) is 42.3. The fourth-order valence-corrected chi connectivity index (χ4v) is 10.7. The second-order valence-electron chi connectivity index (χ2n) is 15.0. The first-order valence-electron chi connectivity index (χ1n) is 20.1. The monoisotopic (exact) mass is 716 g/mol. The highest BCUT2D eigenvalue weighted by Crippen LogP contribution is 2.43. The maximum absolute atomic E-state index is 2.43. The van der Waals surface area contributed by atoms with Crippen molar-refractivity contribution in [1.29, 1.82) is 0 Å². The second-order valence-corrected chi connectivity index (χ2v) is 17.1. The SMILES string of the molecule is CCCCCCCCc1cccc(-c2cc3ccc4c5ccc6c(ccc7cc(-c8cccc(CCCCCCCC)c8)sc76)c5ccc4c3s2)c1. The predicted molar refractivity (Wildman–Crippen MR) is 235 cm³/mol. The van der Waals surface area contributed by atoms with Crippen LogP contribution in [0.15, 0.2) is 109 Å². The van der Waals surface area contributed by atoms with E-state index in [1.807, 2.05) is 22.7 Å². The molecule has 0 aliphatic heterocycles. The number of rotatable bonds is 16. The maximum Gasteiger partial charge on any atom is 0.0428 e. The summed E-state index contributed by atoms with van der Waals surface area (Å²) in [7, 11) is 0. The van der Waals surface area contributed by atoms with Crippen molar-refractivity contribution in [2.75, 3.05) is 0 Å². The zero-order valence-electron chi connectivity index (χ0n) is 31.1. The highest BCUT2D eigenvalue weighted by atomic mass is 32.1. The van der Waals surface area contributed by atoms with Gasteiger partial charge in [0.1, 0.15) is 0 Å². The van der Waals surface area contributed by atoms with Crippen molar-refractivity contribution >= 4 is 75.2 Å². The first-order chi connectivity index (χ1) is 25.7. The van der Waals surface area contributed by atoms with E-state index in [4.69, 9.17) is 0 Å². The standard InChI is InChI=1S/C50H52S2/c1-3-5-7-9-11-13-17-35-19-15-21-37(31-35)47-33-39-23-25-43-41-28-30-46-44(42(41)27-29-45(43)49(39)51-47)26-24-40-34-48(52-50(40)46)38-22-16-20-36(32-38)18-14-12-10-8-6-4-2/h15-16,19-34H,3-14,17-18H2,1-2H3. The Hall–Kier alpha value is -3.98. The lowest BCUT2D eigenvalue weighted by Gasteiger charge is -2.09. The van der Waals surface area contributed by atoms with Gasteiger partial charge in [-0.2, -0.15) is 0 Å². The van der Waals surface area contributed by atoms with E-state index in [1.165, 1.54) is 174 Å². The topological polar surface area (TPSA) is 0 Å². The molecule has 0 saturated heterocycles. The molecule has 2 heterocycles. The average Bonchev–Trinajstić information content (AvgIpc) is 3.83. The van der Waals surface area contributed by atoms with E-state index >= 15 is 0 Å². The minimum Gasteiger partial charge on any atom is -0.135 e. The fraction of sp³-hybridized carbons (Fsp3) is 0.320. The van der Waals surface area contributed by atoms with Crippen LogP contribution in [0.3, 0.4) is 0 Å². The minimum atomic E-state index is 1.18. The Morgan fingerprint density at radius 3 is 1.21 bits per heavy atom. The molecule has 0 spiro atoms. The zero-order valence-corrected chi connectivity index (χ0v) is 32.7. The Bertz CT molecular complexity index is 2280. The third kappa shape index (κ3) is 7.43. The molecule has 0 fully saturated rings. The molecule has 0 nitrogen and oxygen atoms in total. The second kappa shape index (κ2) is 16.4. The minimum absolute atomic E-state index is 1.18. The van der Waals surface area contributed by atoms with Crippen LogP contribution in [0.2, 0.25) is 0 Å². The molecule has 0 aliphatic carbocycles. The Labute approximate surface area is 318 Å². The lowest BCUT2D eigenvalue weighted by molar-refractivity contribution is 0.607. The zero-order chi connectivity index (χ0) is 35.3. The number of thiophene rings is 2. The van der Waals surface area contributed by atoms with Crippen LogP contribution < -0.4 is 0 Å². The number of unbranched alkanes of at least 4 members (excludes halogenated alkanes) is 10. The molecule has 264 valence electrons. The highest BCUT2D eigenvalue weighted by molar-refractivity contribution is 7.23. The molecular formula is C50H52S2. The van der Waals surface area contributed by atoms with E-state index in [0.29, 0.717) is 0 Å². The van der Waals surface area contributed by atoms with Gasteiger partial charge in [0.15, 0.2) is 0 Å². The molecule has 6 aromatic carbocycles. The predicted octanol–water partition coefficient (Wildman–Crippen LogP) is 16.7. The van der Waals surface area contributed by atoms with Crippen LogP contribution in [0, 0.1) is 0 Å². The average molecular weight is 717 g/mol. The molecule has 0 bridgehead atoms. The van der Waals surface area contributed by atoms with Crippen LogP contribution in [0.4, 0.5) is 0 Å². The van der Waals surface area contributed by atoms with Crippen molar-refractivity contribution in [2.24, 2.45) is 0 Å². The van der Waals surface area contributed by atoms with Gasteiger partial charge in [-0.25, -0.2) is 0 Å². The Balaban J connectivity index is 1.06. The van der Waals surface area contributed by atoms with Crippen LogP contribution in [-0.4, -0.2) is 0 Å². The summed E-state index contributed by atoms with van der Waals surface area (Å²) in [6.45, 7) is 4.58. The van der Waals surface area contributed by atoms with Crippen molar-refractivity contribution in [2.45, 2.75) is 104 Å². The van der Waals surface area contributed by atoms with Crippen LogP contribution >= 0.6 is 22.7 Å². The van der Waals surface area contributed by atoms with Gasteiger partial charge in [0.2, 0.25) is 0 Å². The largest absolute Gasteiger partial charge is 0.135 e. The lowest BCUT2D eigenvalue weighted by Crippen LogP contribution is -1.87. The molecule has 8 aromatic rings. The van der Waals surface area contributed by atoms with Crippen molar-refractivity contribution < 1.29 is 0 Å². The summed E-state index contributed by atoms with van der Waals surface area (Å²) < 4.78 is 2.79. The molecule has 2 aromatic heterocycles. The lowest BCUT2D eigenvalue weighted by atomic mass is 9.96. The Morgan fingerprint density at radius 1 is 0.365 bits per heavy atom. The number of hydrogen-bond acceptors (Lipinski definition) is 2. The Kier molecular flexibility index (Phi) is 11.0. The van der Waals surface area contributed by atoms with Gasteiger partial charge in [-0.3, -0.25) is 0 Å². The van der Waals surface area contributed by atoms with E-state index < -0.39 is 0 Å². The summed E-state index contributed by atoms with van der Waals surface area (Å²) in [5.41, 5.74) is 5.65. The molecule has 0 aliphatic rings. The third-order valence-electron chi connectivity index (χ3n) is 11.2. The van der Waals surface area contributed by atoms with Crippen LogP contribution in [-0.2, 0) is 12.8 Å². The molecule has 0 atom stereocenters. The van der Waals surface area contributed by atoms with Crippen LogP contribution in [0.1, 0.15) is 102 Å². The summed E-state index contributed by atoms with van der Waals surface area (Å²) in [5, 5.41) is 10.8. The van der Waals surface area contributed by atoms with Gasteiger partial charge in [-0.1, -0.05) is 175 Å². The van der Waals surface area contributed by atoms with Crippen LogP contribution in [0.5, 0.6) is 0 Å². The highest BCUT2D eigenvalue weighted by Gasteiger charge is 2.14. The Morgan fingerprint density at radius 2 is 0.750 bits per heavy atom. The van der Waals surface area contributed by atoms with Gasteiger partial charge in [-0.15, -0.1) is 22.7 Å². The molecule has 0 amide bonds. The maximum atomic E-state index is 2.43. The fourth-order valence-electron chi connectivity index (χ4n) is 8.30. The van der Waals surface area contributed by atoms with Gasteiger partial charge in [-0.05, 0) is 92.4 Å². The normalized spacial score (nSPS) is 12.0. The summed E-state index contributed by atoms with van der Waals surface area (Å²) in [6.07, 6.45) is 18.5. The third-order valence-corrected chi connectivity index (χ3v) is 13.7. The van der Waals surface area contributed by atoms with Crippen LogP contribution in [0.25, 0.3) is 73.4 Å². The van der Waals surface area contributed by atoms with E-state index in [0.717, 1.165) is 0 Å². The molecular weight excluding hydrogens is 665 g/mol. The molecule has 0 N–H and O–H groups in total.